The van der Waals surface area contributed by atoms with Crippen LogP contribution in [0.15, 0.2) is 36.7 Å². The molecule has 0 aliphatic heterocycles. The number of ether oxygens (including phenoxy) is 1. The number of carbonyl (C=O) groups excluding carboxylic acids is 1. The van der Waals surface area contributed by atoms with E-state index >= 15 is 0 Å². The SMILES string of the molecule is CCCC/C=C\CCCCCCCCCC(=O)OCc1cccnc1. The van der Waals surface area contributed by atoms with E-state index in [1.54, 1.807) is 12.4 Å². The second kappa shape index (κ2) is 15.9. The third kappa shape index (κ3) is 13.3. The standard InChI is InChI=1S/C22H35NO2/c1-2-3-4-5-6-7-8-9-10-11-12-13-14-17-22(24)25-20-21-16-15-18-23-19-21/h5-6,15-16,18-19H,2-4,7-14,17,20H2,1H3/b6-5-. The number of allylic oxidation sites excluding steroid dienone is 2. The average molecular weight is 346 g/mol. The Morgan fingerprint density at radius 2 is 1.68 bits per heavy atom. The Labute approximate surface area is 153 Å². The molecular weight excluding hydrogens is 310 g/mol. The molecular formula is C22H35NO2. The highest BCUT2D eigenvalue weighted by Gasteiger charge is 2.03. The summed E-state index contributed by atoms with van der Waals surface area (Å²) in [5, 5.41) is 0. The maximum atomic E-state index is 11.7. The normalized spacial score (nSPS) is 11.1. The molecule has 140 valence electrons. The zero-order chi connectivity index (χ0) is 18.0. The summed E-state index contributed by atoms with van der Waals surface area (Å²) in [4.78, 5) is 15.7. The van der Waals surface area contributed by atoms with Gasteiger partial charge in [0, 0.05) is 24.4 Å². The topological polar surface area (TPSA) is 39.2 Å². The highest BCUT2D eigenvalue weighted by atomic mass is 16.5. The highest BCUT2D eigenvalue weighted by molar-refractivity contribution is 5.69. The number of unbranched alkanes of at least 4 members (excludes halogenated alkanes) is 9. The molecule has 0 aliphatic carbocycles. The molecule has 0 saturated heterocycles. The molecule has 1 rings (SSSR count). The number of hydrogen-bond donors (Lipinski definition) is 0. The fourth-order valence-corrected chi connectivity index (χ4v) is 2.69. The van der Waals surface area contributed by atoms with Crippen molar-refractivity contribution < 1.29 is 9.53 Å². The molecule has 3 heteroatoms. The van der Waals surface area contributed by atoms with Crippen molar-refractivity contribution >= 4 is 5.97 Å². The summed E-state index contributed by atoms with van der Waals surface area (Å²) in [6.45, 7) is 2.57. The minimum atomic E-state index is -0.0984. The monoisotopic (exact) mass is 345 g/mol. The molecule has 0 aliphatic rings. The Balaban J connectivity index is 1.83. The Hall–Kier alpha value is -1.64. The molecule has 0 fully saturated rings. The number of hydrogen-bond acceptors (Lipinski definition) is 3. The maximum absolute atomic E-state index is 11.7. The molecule has 0 atom stereocenters. The summed E-state index contributed by atoms with van der Waals surface area (Å²) in [5.41, 5.74) is 0.941. The summed E-state index contributed by atoms with van der Waals surface area (Å²) >= 11 is 0. The van der Waals surface area contributed by atoms with Gasteiger partial charge in [-0.2, -0.15) is 0 Å². The zero-order valence-electron chi connectivity index (χ0n) is 15.9. The smallest absolute Gasteiger partial charge is 0.306 e. The number of rotatable bonds is 15. The van der Waals surface area contributed by atoms with Gasteiger partial charge in [0.2, 0.25) is 0 Å². The van der Waals surface area contributed by atoms with Gasteiger partial charge in [0.1, 0.15) is 6.61 Å². The van der Waals surface area contributed by atoms with Crippen molar-refractivity contribution in [2.45, 2.75) is 90.6 Å². The van der Waals surface area contributed by atoms with Crippen molar-refractivity contribution in [3.63, 3.8) is 0 Å². The number of esters is 1. The van der Waals surface area contributed by atoms with Crippen LogP contribution in [-0.4, -0.2) is 11.0 Å². The van der Waals surface area contributed by atoms with Crippen LogP contribution in [0.2, 0.25) is 0 Å². The number of aromatic nitrogens is 1. The van der Waals surface area contributed by atoms with Gasteiger partial charge in [-0.3, -0.25) is 9.78 Å². The first-order valence-electron chi connectivity index (χ1n) is 10.0. The van der Waals surface area contributed by atoms with E-state index < -0.39 is 0 Å². The summed E-state index contributed by atoms with van der Waals surface area (Å²) in [6.07, 6.45) is 22.2. The molecule has 0 saturated carbocycles. The average Bonchev–Trinajstić information content (AvgIpc) is 2.64. The van der Waals surface area contributed by atoms with Gasteiger partial charge < -0.3 is 4.74 Å². The van der Waals surface area contributed by atoms with Gasteiger partial charge in [0.25, 0.3) is 0 Å². The first-order valence-corrected chi connectivity index (χ1v) is 10.0. The molecule has 0 radical (unpaired) electrons. The second-order valence-corrected chi connectivity index (χ2v) is 6.65. The van der Waals surface area contributed by atoms with Gasteiger partial charge in [-0.25, -0.2) is 0 Å². The Morgan fingerprint density at radius 1 is 1.00 bits per heavy atom. The third-order valence-corrected chi connectivity index (χ3v) is 4.27. The second-order valence-electron chi connectivity index (χ2n) is 6.65. The fraction of sp³-hybridized carbons (Fsp3) is 0.636. The van der Waals surface area contributed by atoms with Crippen molar-refractivity contribution in [1.82, 2.24) is 4.98 Å². The lowest BCUT2D eigenvalue weighted by Crippen LogP contribution is -2.04. The van der Waals surface area contributed by atoms with Crippen molar-refractivity contribution in [3.8, 4) is 0 Å². The van der Waals surface area contributed by atoms with E-state index in [-0.39, 0.29) is 5.97 Å². The van der Waals surface area contributed by atoms with Crippen LogP contribution in [0.3, 0.4) is 0 Å². The largest absolute Gasteiger partial charge is 0.461 e. The lowest BCUT2D eigenvalue weighted by molar-refractivity contribution is -0.145. The molecule has 0 bridgehead atoms. The highest BCUT2D eigenvalue weighted by Crippen LogP contribution is 2.11. The van der Waals surface area contributed by atoms with Crippen LogP contribution in [-0.2, 0) is 16.1 Å². The van der Waals surface area contributed by atoms with Crippen LogP contribution in [0.4, 0.5) is 0 Å². The molecule has 0 unspecified atom stereocenters. The van der Waals surface area contributed by atoms with Crippen molar-refractivity contribution in [3.05, 3.63) is 42.2 Å². The van der Waals surface area contributed by atoms with E-state index in [4.69, 9.17) is 4.74 Å². The van der Waals surface area contributed by atoms with Gasteiger partial charge in [-0.15, -0.1) is 0 Å². The Morgan fingerprint density at radius 3 is 2.36 bits per heavy atom. The fourth-order valence-electron chi connectivity index (χ4n) is 2.69. The van der Waals surface area contributed by atoms with Crippen LogP contribution < -0.4 is 0 Å². The lowest BCUT2D eigenvalue weighted by Gasteiger charge is -2.05. The van der Waals surface area contributed by atoms with E-state index in [2.05, 4.69) is 24.1 Å². The van der Waals surface area contributed by atoms with Gasteiger partial charge in [-0.05, 0) is 31.7 Å². The van der Waals surface area contributed by atoms with E-state index in [0.717, 1.165) is 18.4 Å². The number of pyridine rings is 1. The molecule has 25 heavy (non-hydrogen) atoms. The molecule has 1 aromatic rings. The van der Waals surface area contributed by atoms with Crippen LogP contribution in [0.25, 0.3) is 0 Å². The van der Waals surface area contributed by atoms with Gasteiger partial charge in [-0.1, -0.05) is 70.1 Å². The minimum Gasteiger partial charge on any atom is -0.461 e. The molecule has 0 N–H and O–H groups in total. The maximum Gasteiger partial charge on any atom is 0.306 e. The van der Waals surface area contributed by atoms with E-state index in [1.807, 2.05) is 12.1 Å². The number of carbonyl (C=O) groups is 1. The summed E-state index contributed by atoms with van der Waals surface area (Å²) in [5.74, 6) is -0.0984. The van der Waals surface area contributed by atoms with Crippen LogP contribution in [0.1, 0.15) is 89.5 Å². The molecule has 1 aromatic heterocycles. The van der Waals surface area contributed by atoms with Gasteiger partial charge in [0.05, 0.1) is 0 Å². The summed E-state index contributed by atoms with van der Waals surface area (Å²) < 4.78 is 5.25. The predicted molar refractivity (Wildman–Crippen MR) is 104 cm³/mol. The Bertz CT molecular complexity index is 456. The number of nitrogens with zero attached hydrogens (tertiary/aromatic N) is 1. The molecule has 1 heterocycles. The van der Waals surface area contributed by atoms with Crippen molar-refractivity contribution in [2.24, 2.45) is 0 Å². The summed E-state index contributed by atoms with van der Waals surface area (Å²) in [6, 6.07) is 3.77. The lowest BCUT2D eigenvalue weighted by atomic mass is 10.1. The first kappa shape index (κ1) is 21.4. The Kier molecular flexibility index (Phi) is 13.6. The van der Waals surface area contributed by atoms with Crippen LogP contribution in [0, 0.1) is 0 Å². The van der Waals surface area contributed by atoms with Crippen molar-refractivity contribution in [1.29, 1.82) is 0 Å². The van der Waals surface area contributed by atoms with E-state index in [1.165, 1.54) is 57.8 Å². The predicted octanol–water partition coefficient (Wildman–Crippen LogP) is 6.38. The quantitative estimate of drug-likeness (QED) is 0.210. The van der Waals surface area contributed by atoms with Crippen LogP contribution >= 0.6 is 0 Å². The molecule has 0 aromatic carbocycles. The van der Waals surface area contributed by atoms with Gasteiger partial charge in [0.15, 0.2) is 0 Å². The summed E-state index contributed by atoms with van der Waals surface area (Å²) in [7, 11) is 0. The van der Waals surface area contributed by atoms with Gasteiger partial charge >= 0.3 is 5.97 Å². The molecule has 3 nitrogen and oxygen atoms in total. The first-order chi connectivity index (χ1) is 12.3. The molecule has 0 spiro atoms. The van der Waals surface area contributed by atoms with Crippen LogP contribution in [0.5, 0.6) is 0 Å². The van der Waals surface area contributed by atoms with E-state index in [0.29, 0.717) is 13.0 Å². The third-order valence-electron chi connectivity index (χ3n) is 4.27. The molecule has 0 amide bonds. The van der Waals surface area contributed by atoms with Crippen molar-refractivity contribution in [2.75, 3.05) is 0 Å². The van der Waals surface area contributed by atoms with E-state index in [9.17, 15) is 4.79 Å². The minimum absolute atomic E-state index is 0.0984. The zero-order valence-corrected chi connectivity index (χ0v) is 15.9.